The lowest BCUT2D eigenvalue weighted by Gasteiger charge is -2.23. The van der Waals surface area contributed by atoms with Gasteiger partial charge in [-0.3, -0.25) is 4.79 Å². The predicted octanol–water partition coefficient (Wildman–Crippen LogP) is 1.41. The summed E-state index contributed by atoms with van der Waals surface area (Å²) >= 11 is 1.59. The van der Waals surface area contributed by atoms with Gasteiger partial charge in [0.1, 0.15) is 0 Å². The Morgan fingerprint density at radius 3 is 2.67 bits per heavy atom. The van der Waals surface area contributed by atoms with E-state index in [-0.39, 0.29) is 11.8 Å². The number of carbonyl (C=O) groups is 1. The van der Waals surface area contributed by atoms with E-state index in [1.54, 1.807) is 18.7 Å². The quantitative estimate of drug-likeness (QED) is 0.752. The van der Waals surface area contributed by atoms with Gasteiger partial charge in [0.2, 0.25) is 5.91 Å². The number of nitrogens with one attached hydrogen (secondary N) is 1. The molecule has 1 unspecified atom stereocenters. The molecule has 0 aromatic heterocycles. The van der Waals surface area contributed by atoms with Gasteiger partial charge in [0, 0.05) is 18.2 Å². The molecule has 1 aliphatic rings. The van der Waals surface area contributed by atoms with E-state index < -0.39 is 5.60 Å². The molecule has 0 bridgehead atoms. The van der Waals surface area contributed by atoms with E-state index in [1.807, 2.05) is 6.26 Å². The second-order valence-corrected chi connectivity index (χ2v) is 5.50. The second kappa shape index (κ2) is 5.75. The number of rotatable bonds is 5. The summed E-state index contributed by atoms with van der Waals surface area (Å²) < 4.78 is 0. The highest BCUT2D eigenvalue weighted by Gasteiger charge is 2.25. The van der Waals surface area contributed by atoms with Crippen molar-refractivity contribution in [2.45, 2.75) is 38.2 Å². The molecule has 1 fully saturated rings. The molecule has 1 rings (SSSR count). The van der Waals surface area contributed by atoms with Crippen molar-refractivity contribution in [2.24, 2.45) is 5.92 Å². The molecule has 0 aromatic carbocycles. The van der Waals surface area contributed by atoms with Crippen LogP contribution in [-0.4, -0.2) is 35.2 Å². The Kier molecular flexibility index (Phi) is 4.93. The summed E-state index contributed by atoms with van der Waals surface area (Å²) in [5.74, 6) is 0.960. The van der Waals surface area contributed by atoms with Crippen molar-refractivity contribution in [1.29, 1.82) is 0 Å². The molecule has 3 nitrogen and oxygen atoms in total. The number of hydrogen-bond donors (Lipinski definition) is 2. The van der Waals surface area contributed by atoms with Crippen molar-refractivity contribution in [3.8, 4) is 0 Å². The zero-order valence-corrected chi connectivity index (χ0v) is 10.4. The molecule has 1 amide bonds. The third-order valence-electron chi connectivity index (χ3n) is 2.82. The van der Waals surface area contributed by atoms with Crippen LogP contribution in [0.4, 0.5) is 0 Å². The maximum atomic E-state index is 11.7. The van der Waals surface area contributed by atoms with E-state index >= 15 is 0 Å². The highest BCUT2D eigenvalue weighted by Crippen LogP contribution is 2.24. The zero-order chi connectivity index (χ0) is 11.3. The van der Waals surface area contributed by atoms with E-state index in [1.165, 1.54) is 12.8 Å². The molecule has 4 heteroatoms. The maximum absolute atomic E-state index is 11.7. The van der Waals surface area contributed by atoms with Crippen LogP contribution in [0.2, 0.25) is 0 Å². The molecule has 88 valence electrons. The summed E-state index contributed by atoms with van der Waals surface area (Å²) in [6.45, 7) is 2.13. The lowest BCUT2D eigenvalue weighted by atomic mass is 10.1. The van der Waals surface area contributed by atoms with Crippen LogP contribution < -0.4 is 5.32 Å². The summed E-state index contributed by atoms with van der Waals surface area (Å²) in [5.41, 5.74) is -0.784. The van der Waals surface area contributed by atoms with Gasteiger partial charge in [-0.15, -0.1) is 0 Å². The molecule has 0 radical (unpaired) electrons. The van der Waals surface area contributed by atoms with Crippen LogP contribution in [0, 0.1) is 5.92 Å². The second-order valence-electron chi connectivity index (χ2n) is 4.63. The lowest BCUT2D eigenvalue weighted by molar-refractivity contribution is -0.125. The first-order chi connectivity index (χ1) is 7.05. The molecule has 0 spiro atoms. The summed E-state index contributed by atoms with van der Waals surface area (Å²) in [5, 5.41) is 12.7. The first-order valence-electron chi connectivity index (χ1n) is 5.54. The van der Waals surface area contributed by atoms with Crippen LogP contribution in [0.25, 0.3) is 0 Å². The molecular weight excluding hydrogens is 210 g/mol. The van der Waals surface area contributed by atoms with Gasteiger partial charge in [-0.1, -0.05) is 12.8 Å². The zero-order valence-electron chi connectivity index (χ0n) is 9.58. The van der Waals surface area contributed by atoms with Crippen LogP contribution in [0.15, 0.2) is 0 Å². The van der Waals surface area contributed by atoms with E-state index in [0.29, 0.717) is 12.3 Å². The Hall–Kier alpha value is -0.220. The molecule has 15 heavy (non-hydrogen) atoms. The molecule has 1 atom stereocenters. The Labute approximate surface area is 96.0 Å². The topological polar surface area (TPSA) is 49.3 Å². The molecule has 0 saturated heterocycles. The van der Waals surface area contributed by atoms with Crippen molar-refractivity contribution < 1.29 is 9.90 Å². The smallest absolute Gasteiger partial charge is 0.223 e. The Morgan fingerprint density at radius 1 is 1.53 bits per heavy atom. The van der Waals surface area contributed by atoms with Crippen LogP contribution in [0.3, 0.4) is 0 Å². The van der Waals surface area contributed by atoms with E-state index in [2.05, 4.69) is 5.32 Å². The van der Waals surface area contributed by atoms with Gasteiger partial charge in [-0.25, -0.2) is 0 Å². The molecule has 1 aliphatic carbocycles. The number of thioether (sulfide) groups is 1. The van der Waals surface area contributed by atoms with Crippen LogP contribution in [0.5, 0.6) is 0 Å². The minimum Gasteiger partial charge on any atom is -0.387 e. The van der Waals surface area contributed by atoms with Crippen LogP contribution in [0.1, 0.15) is 32.6 Å². The van der Waals surface area contributed by atoms with Crippen molar-refractivity contribution >= 4 is 17.7 Å². The fourth-order valence-corrected chi connectivity index (χ4v) is 2.70. The third-order valence-corrected chi connectivity index (χ3v) is 3.74. The fourth-order valence-electron chi connectivity index (χ4n) is 1.97. The summed E-state index contributed by atoms with van der Waals surface area (Å²) in [6, 6.07) is 0. The van der Waals surface area contributed by atoms with Gasteiger partial charge < -0.3 is 10.4 Å². The molecule has 2 N–H and O–H groups in total. The Morgan fingerprint density at radius 2 is 2.13 bits per heavy atom. The minimum absolute atomic E-state index is 0.119. The van der Waals surface area contributed by atoms with E-state index in [9.17, 15) is 9.90 Å². The SMILES string of the molecule is CSCC(C)(O)CNC(=O)C1CCCC1. The third kappa shape index (κ3) is 4.43. The van der Waals surface area contributed by atoms with Gasteiger partial charge in [0.15, 0.2) is 0 Å². The van der Waals surface area contributed by atoms with Crippen molar-refractivity contribution in [3.05, 3.63) is 0 Å². The standard InChI is InChI=1S/C11H21NO2S/c1-11(14,8-15-2)7-12-10(13)9-5-3-4-6-9/h9,14H,3-8H2,1-2H3,(H,12,13). The van der Waals surface area contributed by atoms with Gasteiger partial charge in [-0.05, 0) is 26.0 Å². The largest absolute Gasteiger partial charge is 0.387 e. The van der Waals surface area contributed by atoms with Gasteiger partial charge in [0.05, 0.1) is 5.60 Å². The number of aliphatic hydroxyl groups is 1. The Balaban J connectivity index is 2.26. The number of hydrogen-bond acceptors (Lipinski definition) is 3. The van der Waals surface area contributed by atoms with Crippen molar-refractivity contribution in [3.63, 3.8) is 0 Å². The average molecular weight is 231 g/mol. The molecule has 0 aliphatic heterocycles. The molecule has 0 aromatic rings. The van der Waals surface area contributed by atoms with Crippen molar-refractivity contribution in [1.82, 2.24) is 5.32 Å². The first kappa shape index (κ1) is 12.8. The normalized spacial score (nSPS) is 21.3. The number of amides is 1. The van der Waals surface area contributed by atoms with Crippen LogP contribution in [-0.2, 0) is 4.79 Å². The number of carbonyl (C=O) groups excluding carboxylic acids is 1. The maximum Gasteiger partial charge on any atom is 0.223 e. The Bertz CT molecular complexity index is 213. The highest BCUT2D eigenvalue weighted by atomic mass is 32.2. The molecule has 1 saturated carbocycles. The average Bonchev–Trinajstić information content (AvgIpc) is 2.67. The lowest BCUT2D eigenvalue weighted by Crippen LogP contribution is -2.44. The predicted molar refractivity (Wildman–Crippen MR) is 64.0 cm³/mol. The van der Waals surface area contributed by atoms with Gasteiger partial charge >= 0.3 is 0 Å². The van der Waals surface area contributed by atoms with Gasteiger partial charge in [0.25, 0.3) is 0 Å². The fraction of sp³-hybridized carbons (Fsp3) is 0.909. The summed E-state index contributed by atoms with van der Waals surface area (Å²) in [7, 11) is 0. The van der Waals surface area contributed by atoms with E-state index in [0.717, 1.165) is 12.8 Å². The van der Waals surface area contributed by atoms with E-state index in [4.69, 9.17) is 0 Å². The molecular formula is C11H21NO2S. The van der Waals surface area contributed by atoms with Crippen LogP contribution >= 0.6 is 11.8 Å². The first-order valence-corrected chi connectivity index (χ1v) is 6.93. The molecule has 0 heterocycles. The van der Waals surface area contributed by atoms with Crippen molar-refractivity contribution in [2.75, 3.05) is 18.6 Å². The van der Waals surface area contributed by atoms with Gasteiger partial charge in [-0.2, -0.15) is 11.8 Å². The summed E-state index contributed by atoms with van der Waals surface area (Å²) in [6.07, 6.45) is 6.30. The summed E-state index contributed by atoms with van der Waals surface area (Å²) in [4.78, 5) is 11.7. The monoisotopic (exact) mass is 231 g/mol. The highest BCUT2D eigenvalue weighted by molar-refractivity contribution is 7.98. The minimum atomic E-state index is -0.784.